The van der Waals surface area contributed by atoms with Crippen molar-refractivity contribution in [3.8, 4) is 0 Å². The third-order valence-corrected chi connectivity index (χ3v) is 3.55. The molecular formula is C18H20F4O. The molecule has 1 nitrogen and oxygen atoms in total. The van der Waals surface area contributed by atoms with Gasteiger partial charge in [0, 0.05) is 5.41 Å². The first-order valence-corrected chi connectivity index (χ1v) is 7.14. The minimum atomic E-state index is -4.63. The van der Waals surface area contributed by atoms with Crippen LogP contribution in [0.4, 0.5) is 17.6 Å². The van der Waals surface area contributed by atoms with Crippen LogP contribution in [-0.2, 0) is 16.4 Å². The highest BCUT2D eigenvalue weighted by molar-refractivity contribution is 5.72. The largest absolute Gasteiger partial charge is 0.416 e. The third kappa shape index (κ3) is 5.34. The number of carbonyl (C=O) groups is 1. The fourth-order valence-electron chi connectivity index (χ4n) is 2.30. The smallest absolute Gasteiger partial charge is 0.298 e. The van der Waals surface area contributed by atoms with Crippen LogP contribution in [0.3, 0.4) is 0 Å². The van der Waals surface area contributed by atoms with Gasteiger partial charge >= 0.3 is 6.18 Å². The van der Waals surface area contributed by atoms with E-state index in [4.69, 9.17) is 0 Å². The maximum atomic E-state index is 13.7. The Morgan fingerprint density at radius 2 is 1.65 bits per heavy atom. The predicted molar refractivity (Wildman–Crippen MR) is 82.6 cm³/mol. The number of carbonyl (C=O) groups excluding carboxylic acids is 1. The van der Waals surface area contributed by atoms with Gasteiger partial charge in [-0.2, -0.15) is 13.2 Å². The Hall–Kier alpha value is -1.91. The maximum absolute atomic E-state index is 13.7. The Morgan fingerprint density at radius 1 is 1.09 bits per heavy atom. The van der Waals surface area contributed by atoms with E-state index in [1.807, 2.05) is 19.9 Å². The summed E-state index contributed by atoms with van der Waals surface area (Å²) in [5.74, 6) is -0.949. The molecule has 1 unspecified atom stereocenters. The Balaban J connectivity index is 3.51. The number of alkyl halides is 3. The standard InChI is InChI=1S/C18H20F4O/c1-12(2)5-6-17(4,10-13(3)11-23)14-7-15(18(20,21)22)9-16(19)8-14/h5,7-11H,6H2,1-4H3/b13-10+. The second-order valence-corrected chi connectivity index (χ2v) is 6.14. The number of benzene rings is 1. The molecule has 0 N–H and O–H groups in total. The van der Waals surface area contributed by atoms with Crippen molar-refractivity contribution >= 4 is 6.29 Å². The summed E-state index contributed by atoms with van der Waals surface area (Å²) in [6.07, 6.45) is -0.204. The average Bonchev–Trinajstić information content (AvgIpc) is 2.43. The molecule has 5 heteroatoms. The Morgan fingerprint density at radius 3 is 2.13 bits per heavy atom. The molecule has 23 heavy (non-hydrogen) atoms. The van der Waals surface area contributed by atoms with Crippen molar-refractivity contribution in [2.75, 3.05) is 0 Å². The molecule has 0 aliphatic rings. The van der Waals surface area contributed by atoms with Crippen molar-refractivity contribution in [1.29, 1.82) is 0 Å². The fourth-order valence-corrected chi connectivity index (χ4v) is 2.30. The number of rotatable bonds is 5. The molecule has 1 atom stereocenters. The molecule has 0 aromatic heterocycles. The van der Waals surface area contributed by atoms with Crippen molar-refractivity contribution in [2.45, 2.75) is 45.7 Å². The minimum absolute atomic E-state index is 0.184. The number of aldehydes is 1. The molecule has 0 aliphatic heterocycles. The monoisotopic (exact) mass is 328 g/mol. The van der Waals surface area contributed by atoms with Gasteiger partial charge in [-0.15, -0.1) is 0 Å². The van der Waals surface area contributed by atoms with Crippen LogP contribution >= 0.6 is 0 Å². The van der Waals surface area contributed by atoms with E-state index in [9.17, 15) is 22.4 Å². The summed E-state index contributed by atoms with van der Waals surface area (Å²) < 4.78 is 52.5. The number of halogens is 4. The molecule has 0 bridgehead atoms. The van der Waals surface area contributed by atoms with Crippen molar-refractivity contribution in [3.05, 3.63) is 58.4 Å². The van der Waals surface area contributed by atoms with E-state index in [0.717, 1.165) is 17.7 Å². The van der Waals surface area contributed by atoms with Crippen LogP contribution in [0.15, 0.2) is 41.5 Å². The van der Waals surface area contributed by atoms with Gasteiger partial charge in [-0.1, -0.05) is 24.6 Å². The van der Waals surface area contributed by atoms with E-state index in [0.29, 0.717) is 24.3 Å². The first-order valence-electron chi connectivity index (χ1n) is 7.14. The highest BCUT2D eigenvalue weighted by Gasteiger charge is 2.33. The molecule has 0 radical (unpaired) electrons. The summed E-state index contributed by atoms with van der Waals surface area (Å²) in [6.45, 7) is 6.99. The second kappa shape index (κ2) is 7.11. The van der Waals surface area contributed by atoms with E-state index in [1.54, 1.807) is 19.9 Å². The Kier molecular flexibility index (Phi) is 5.92. The first kappa shape index (κ1) is 19.1. The lowest BCUT2D eigenvalue weighted by Gasteiger charge is -2.27. The van der Waals surface area contributed by atoms with Gasteiger partial charge in [-0.25, -0.2) is 4.39 Å². The zero-order valence-electron chi connectivity index (χ0n) is 13.6. The zero-order chi connectivity index (χ0) is 17.8. The summed E-state index contributed by atoms with van der Waals surface area (Å²) >= 11 is 0. The van der Waals surface area contributed by atoms with Gasteiger partial charge in [-0.05, 0) is 56.5 Å². The average molecular weight is 328 g/mol. The van der Waals surface area contributed by atoms with Gasteiger partial charge in [-0.3, -0.25) is 4.79 Å². The van der Waals surface area contributed by atoms with Gasteiger partial charge in [0.25, 0.3) is 0 Å². The van der Waals surface area contributed by atoms with E-state index in [2.05, 4.69) is 0 Å². The van der Waals surface area contributed by atoms with Crippen LogP contribution in [-0.4, -0.2) is 6.29 Å². The SMILES string of the molecule is CC(C)=CCC(C)(/C=C(\C)C=O)c1cc(F)cc(C(F)(F)F)c1. The van der Waals surface area contributed by atoms with E-state index < -0.39 is 23.0 Å². The van der Waals surface area contributed by atoms with Crippen molar-refractivity contribution in [3.63, 3.8) is 0 Å². The molecule has 0 aliphatic carbocycles. The maximum Gasteiger partial charge on any atom is 0.416 e. The molecule has 0 heterocycles. The summed E-state index contributed by atoms with van der Waals surface area (Å²) in [6, 6.07) is 2.50. The molecule has 1 aromatic carbocycles. The summed E-state index contributed by atoms with van der Waals surface area (Å²) in [4.78, 5) is 10.9. The Bertz CT molecular complexity index is 637. The lowest BCUT2D eigenvalue weighted by molar-refractivity contribution is -0.137. The zero-order valence-corrected chi connectivity index (χ0v) is 13.6. The van der Waals surface area contributed by atoms with Crippen LogP contribution in [0.25, 0.3) is 0 Å². The van der Waals surface area contributed by atoms with Gasteiger partial charge in [0.05, 0.1) is 5.56 Å². The normalized spacial score (nSPS) is 15.0. The molecule has 0 fully saturated rings. The molecule has 0 amide bonds. The summed E-state index contributed by atoms with van der Waals surface area (Å²) in [7, 11) is 0. The summed E-state index contributed by atoms with van der Waals surface area (Å²) in [5, 5.41) is 0. The second-order valence-electron chi connectivity index (χ2n) is 6.14. The van der Waals surface area contributed by atoms with Crippen LogP contribution in [0.1, 0.15) is 45.2 Å². The van der Waals surface area contributed by atoms with Gasteiger partial charge in [0.2, 0.25) is 0 Å². The van der Waals surface area contributed by atoms with E-state index >= 15 is 0 Å². The van der Waals surface area contributed by atoms with Crippen LogP contribution in [0, 0.1) is 5.82 Å². The lowest BCUT2D eigenvalue weighted by Crippen LogP contribution is -2.21. The highest BCUT2D eigenvalue weighted by atomic mass is 19.4. The van der Waals surface area contributed by atoms with E-state index in [-0.39, 0.29) is 5.56 Å². The number of hydrogen-bond acceptors (Lipinski definition) is 1. The van der Waals surface area contributed by atoms with Crippen molar-refractivity contribution < 1.29 is 22.4 Å². The van der Waals surface area contributed by atoms with Gasteiger partial charge < -0.3 is 0 Å². The number of hydrogen-bond donors (Lipinski definition) is 0. The molecule has 0 saturated carbocycles. The van der Waals surface area contributed by atoms with E-state index in [1.165, 1.54) is 0 Å². The highest BCUT2D eigenvalue weighted by Crippen LogP contribution is 2.37. The fraction of sp³-hybridized carbons (Fsp3) is 0.389. The van der Waals surface area contributed by atoms with Gasteiger partial charge in [0.1, 0.15) is 12.1 Å². The number of allylic oxidation sites excluding steroid dienone is 4. The van der Waals surface area contributed by atoms with Crippen molar-refractivity contribution in [1.82, 2.24) is 0 Å². The quantitative estimate of drug-likeness (QED) is 0.297. The molecule has 126 valence electrons. The van der Waals surface area contributed by atoms with Crippen LogP contribution < -0.4 is 0 Å². The molecule has 1 aromatic rings. The molecular weight excluding hydrogens is 308 g/mol. The topological polar surface area (TPSA) is 17.1 Å². The van der Waals surface area contributed by atoms with Crippen LogP contribution in [0.2, 0.25) is 0 Å². The third-order valence-electron chi connectivity index (χ3n) is 3.55. The van der Waals surface area contributed by atoms with Gasteiger partial charge in [0.15, 0.2) is 0 Å². The van der Waals surface area contributed by atoms with Crippen molar-refractivity contribution in [2.24, 2.45) is 0 Å². The molecule has 0 saturated heterocycles. The summed E-state index contributed by atoms with van der Waals surface area (Å²) in [5.41, 5.74) is -0.394. The minimum Gasteiger partial charge on any atom is -0.298 e. The Labute approximate surface area is 133 Å². The van der Waals surface area contributed by atoms with Crippen LogP contribution in [0.5, 0.6) is 0 Å². The molecule has 0 spiro atoms. The first-order chi connectivity index (χ1) is 10.5. The molecule has 1 rings (SSSR count). The lowest BCUT2D eigenvalue weighted by atomic mass is 9.77. The predicted octanol–water partition coefficient (Wildman–Crippen LogP) is 5.60.